The first-order chi connectivity index (χ1) is 7.86. The lowest BCUT2D eigenvalue weighted by atomic mass is 10.1. The molecular formula is C12H8O3S. The van der Waals surface area contributed by atoms with E-state index < -0.39 is 0 Å². The van der Waals surface area contributed by atoms with Gasteiger partial charge in [0.05, 0.1) is 4.88 Å². The molecule has 2 aromatic rings. The molecule has 0 N–H and O–H groups in total. The number of hydrogen-bond donors (Lipinski definition) is 0. The SMILES string of the molecule is O=Cc1ccc(-c2ccc3c(c2)OCO3)s1. The van der Waals surface area contributed by atoms with Gasteiger partial charge >= 0.3 is 0 Å². The van der Waals surface area contributed by atoms with Crippen molar-refractivity contribution in [2.75, 3.05) is 6.79 Å². The van der Waals surface area contributed by atoms with E-state index in [0.717, 1.165) is 33.1 Å². The third kappa shape index (κ3) is 1.47. The van der Waals surface area contributed by atoms with E-state index >= 15 is 0 Å². The van der Waals surface area contributed by atoms with E-state index in [4.69, 9.17) is 9.47 Å². The minimum Gasteiger partial charge on any atom is -0.454 e. The maximum absolute atomic E-state index is 10.6. The van der Waals surface area contributed by atoms with E-state index in [1.54, 1.807) is 0 Å². The van der Waals surface area contributed by atoms with Crippen molar-refractivity contribution in [3.63, 3.8) is 0 Å². The number of aldehydes is 1. The summed E-state index contributed by atoms with van der Waals surface area (Å²) in [5, 5.41) is 0. The van der Waals surface area contributed by atoms with Crippen LogP contribution >= 0.6 is 11.3 Å². The lowest BCUT2D eigenvalue weighted by Crippen LogP contribution is -1.92. The van der Waals surface area contributed by atoms with E-state index in [1.165, 1.54) is 11.3 Å². The zero-order valence-electron chi connectivity index (χ0n) is 8.30. The van der Waals surface area contributed by atoms with Gasteiger partial charge in [0.25, 0.3) is 0 Å². The number of rotatable bonds is 2. The number of fused-ring (bicyclic) bond motifs is 1. The minimum atomic E-state index is 0.281. The van der Waals surface area contributed by atoms with Gasteiger partial charge in [0.15, 0.2) is 17.8 Å². The Kier molecular flexibility index (Phi) is 2.15. The van der Waals surface area contributed by atoms with Gasteiger partial charge in [0, 0.05) is 4.88 Å². The van der Waals surface area contributed by atoms with Crippen molar-refractivity contribution >= 4 is 17.6 Å². The van der Waals surface area contributed by atoms with E-state index in [1.807, 2.05) is 30.3 Å². The summed E-state index contributed by atoms with van der Waals surface area (Å²) in [5.74, 6) is 1.54. The van der Waals surface area contributed by atoms with Crippen LogP contribution in [0.3, 0.4) is 0 Å². The highest BCUT2D eigenvalue weighted by Crippen LogP contribution is 2.37. The van der Waals surface area contributed by atoms with E-state index in [2.05, 4.69) is 0 Å². The summed E-state index contributed by atoms with van der Waals surface area (Å²) in [6, 6.07) is 9.54. The maximum Gasteiger partial charge on any atom is 0.231 e. The van der Waals surface area contributed by atoms with Gasteiger partial charge in [-0.25, -0.2) is 0 Å². The first-order valence-corrected chi connectivity index (χ1v) is 5.63. The lowest BCUT2D eigenvalue weighted by Gasteiger charge is -1.99. The summed E-state index contributed by atoms with van der Waals surface area (Å²) in [5.41, 5.74) is 1.04. The third-order valence-electron chi connectivity index (χ3n) is 2.40. The first-order valence-electron chi connectivity index (χ1n) is 4.82. The lowest BCUT2D eigenvalue weighted by molar-refractivity contribution is 0.112. The third-order valence-corrected chi connectivity index (χ3v) is 3.46. The standard InChI is InChI=1S/C12H8O3S/c13-6-9-2-4-12(16-9)8-1-3-10-11(5-8)15-7-14-10/h1-6H,7H2. The molecule has 3 rings (SSSR count). The van der Waals surface area contributed by atoms with Crippen molar-refractivity contribution in [3.8, 4) is 21.9 Å². The molecule has 2 heterocycles. The van der Waals surface area contributed by atoms with Crippen LogP contribution in [0.25, 0.3) is 10.4 Å². The summed E-state index contributed by atoms with van der Waals surface area (Å²) in [6.07, 6.45) is 0.862. The van der Waals surface area contributed by atoms with Crippen molar-refractivity contribution in [1.29, 1.82) is 0 Å². The Morgan fingerprint density at radius 2 is 2.00 bits per heavy atom. The van der Waals surface area contributed by atoms with Gasteiger partial charge in [0.2, 0.25) is 6.79 Å². The Morgan fingerprint density at radius 1 is 1.12 bits per heavy atom. The highest BCUT2D eigenvalue weighted by molar-refractivity contribution is 7.17. The molecule has 1 aliphatic rings. The predicted octanol–water partition coefficient (Wildman–Crippen LogP) is 2.96. The van der Waals surface area contributed by atoms with Crippen LogP contribution in [0, 0.1) is 0 Å². The largest absolute Gasteiger partial charge is 0.454 e. The maximum atomic E-state index is 10.6. The molecule has 1 aliphatic heterocycles. The molecular weight excluding hydrogens is 224 g/mol. The van der Waals surface area contributed by atoms with E-state index in [-0.39, 0.29) is 6.79 Å². The number of carbonyl (C=O) groups excluding carboxylic acids is 1. The summed E-state index contributed by atoms with van der Waals surface area (Å²) in [6.45, 7) is 0.281. The van der Waals surface area contributed by atoms with Gasteiger partial charge in [-0.05, 0) is 35.9 Å². The summed E-state index contributed by atoms with van der Waals surface area (Å²) >= 11 is 1.47. The molecule has 80 valence electrons. The predicted molar refractivity (Wildman–Crippen MR) is 61.3 cm³/mol. The molecule has 0 saturated heterocycles. The molecule has 0 spiro atoms. The van der Waals surface area contributed by atoms with Gasteiger partial charge in [0.1, 0.15) is 0 Å². The molecule has 0 unspecified atom stereocenters. The smallest absolute Gasteiger partial charge is 0.231 e. The molecule has 0 saturated carbocycles. The molecule has 16 heavy (non-hydrogen) atoms. The number of thiophene rings is 1. The fourth-order valence-corrected chi connectivity index (χ4v) is 2.44. The Labute approximate surface area is 96.2 Å². The zero-order valence-corrected chi connectivity index (χ0v) is 9.12. The van der Waals surface area contributed by atoms with Crippen molar-refractivity contribution in [2.45, 2.75) is 0 Å². The second kappa shape index (κ2) is 3.64. The van der Waals surface area contributed by atoms with Crippen LogP contribution in [0.2, 0.25) is 0 Å². The van der Waals surface area contributed by atoms with Crippen molar-refractivity contribution in [2.24, 2.45) is 0 Å². The Bertz CT molecular complexity index is 545. The molecule has 1 aromatic carbocycles. The number of hydrogen-bond acceptors (Lipinski definition) is 4. The van der Waals surface area contributed by atoms with Crippen LogP contribution in [-0.2, 0) is 0 Å². The Balaban J connectivity index is 2.03. The minimum absolute atomic E-state index is 0.281. The van der Waals surface area contributed by atoms with E-state index in [9.17, 15) is 4.79 Å². The van der Waals surface area contributed by atoms with Crippen LogP contribution in [0.1, 0.15) is 9.67 Å². The van der Waals surface area contributed by atoms with Crippen molar-refractivity contribution in [3.05, 3.63) is 35.2 Å². The van der Waals surface area contributed by atoms with Gasteiger partial charge in [-0.3, -0.25) is 4.79 Å². The average Bonchev–Trinajstić information content (AvgIpc) is 2.96. The van der Waals surface area contributed by atoms with Crippen LogP contribution in [0.4, 0.5) is 0 Å². The fraction of sp³-hybridized carbons (Fsp3) is 0.0833. The van der Waals surface area contributed by atoms with Gasteiger partial charge < -0.3 is 9.47 Å². The van der Waals surface area contributed by atoms with Gasteiger partial charge in [-0.15, -0.1) is 11.3 Å². The second-order valence-electron chi connectivity index (χ2n) is 3.39. The highest BCUT2D eigenvalue weighted by Gasteiger charge is 2.14. The molecule has 0 bridgehead atoms. The average molecular weight is 232 g/mol. The molecule has 0 aliphatic carbocycles. The highest BCUT2D eigenvalue weighted by atomic mass is 32.1. The summed E-state index contributed by atoms with van der Waals surface area (Å²) in [4.78, 5) is 12.4. The van der Waals surface area contributed by atoms with Crippen LogP contribution in [0.15, 0.2) is 30.3 Å². The number of benzene rings is 1. The molecule has 0 fully saturated rings. The first kappa shape index (κ1) is 9.42. The summed E-state index contributed by atoms with van der Waals surface area (Å²) in [7, 11) is 0. The molecule has 0 atom stereocenters. The van der Waals surface area contributed by atoms with Crippen molar-refractivity contribution < 1.29 is 14.3 Å². The van der Waals surface area contributed by atoms with Crippen LogP contribution in [0.5, 0.6) is 11.5 Å². The second-order valence-corrected chi connectivity index (χ2v) is 4.50. The zero-order chi connectivity index (χ0) is 11.0. The molecule has 4 heteroatoms. The molecule has 0 amide bonds. The summed E-state index contributed by atoms with van der Waals surface area (Å²) < 4.78 is 10.5. The van der Waals surface area contributed by atoms with E-state index in [0.29, 0.717) is 0 Å². The normalized spacial score (nSPS) is 12.8. The molecule has 0 radical (unpaired) electrons. The number of ether oxygens (including phenoxy) is 2. The number of carbonyl (C=O) groups is 1. The Morgan fingerprint density at radius 3 is 2.81 bits per heavy atom. The van der Waals surface area contributed by atoms with Crippen LogP contribution in [-0.4, -0.2) is 13.1 Å². The quantitative estimate of drug-likeness (QED) is 0.747. The molecule has 1 aromatic heterocycles. The Hall–Kier alpha value is -1.81. The van der Waals surface area contributed by atoms with Gasteiger partial charge in [-0.2, -0.15) is 0 Å². The molecule has 3 nitrogen and oxygen atoms in total. The monoisotopic (exact) mass is 232 g/mol. The topological polar surface area (TPSA) is 35.5 Å². The van der Waals surface area contributed by atoms with Crippen molar-refractivity contribution in [1.82, 2.24) is 0 Å². The fourth-order valence-electron chi connectivity index (χ4n) is 1.62. The van der Waals surface area contributed by atoms with Gasteiger partial charge in [-0.1, -0.05) is 0 Å². The van der Waals surface area contributed by atoms with Crippen LogP contribution < -0.4 is 9.47 Å².